The summed E-state index contributed by atoms with van der Waals surface area (Å²) < 4.78 is 11.2. The highest BCUT2D eigenvalue weighted by Gasteiger charge is 2.43. The number of carbonyl (C=O) groups excluding carboxylic acids is 1. The van der Waals surface area contributed by atoms with Crippen LogP contribution in [0, 0.1) is 5.41 Å². The number of rotatable bonds is 5. The van der Waals surface area contributed by atoms with Crippen LogP contribution in [0.25, 0.3) is 0 Å². The van der Waals surface area contributed by atoms with Gasteiger partial charge in [-0.2, -0.15) is 0 Å². The molecule has 20 heavy (non-hydrogen) atoms. The van der Waals surface area contributed by atoms with Gasteiger partial charge in [-0.1, -0.05) is 30.8 Å². The van der Waals surface area contributed by atoms with Crippen LogP contribution >= 0.6 is 0 Å². The molecule has 1 aliphatic carbocycles. The molecule has 0 spiro atoms. The topological polar surface area (TPSA) is 105 Å². The number of hydrogen-bond acceptors (Lipinski definition) is 4. The zero-order chi connectivity index (χ0) is 15.2. The number of nitrogens with two attached hydrogens (primary N) is 1. The van der Waals surface area contributed by atoms with Crippen LogP contribution in [-0.2, 0) is 15.6 Å². The van der Waals surface area contributed by atoms with Gasteiger partial charge in [0.1, 0.15) is 5.41 Å². The van der Waals surface area contributed by atoms with Gasteiger partial charge in [-0.3, -0.25) is 9.00 Å². The third kappa shape index (κ3) is 4.19. The van der Waals surface area contributed by atoms with Gasteiger partial charge in [-0.05, 0) is 19.8 Å². The Balaban J connectivity index is 2.87. The first-order chi connectivity index (χ1) is 9.42. The SMILES string of the molecule is CC(CS(C)=O)NC(=O)C1(C(N)=NO)CCCCCC1. The van der Waals surface area contributed by atoms with Crippen LogP contribution in [0.2, 0.25) is 0 Å². The second-order valence-corrected chi connectivity index (χ2v) is 7.08. The Hall–Kier alpha value is -1.11. The fourth-order valence-corrected chi connectivity index (χ4v) is 3.57. The van der Waals surface area contributed by atoms with Crippen molar-refractivity contribution in [2.75, 3.05) is 12.0 Å². The van der Waals surface area contributed by atoms with Gasteiger partial charge in [-0.25, -0.2) is 0 Å². The van der Waals surface area contributed by atoms with Crippen molar-refractivity contribution in [1.82, 2.24) is 5.32 Å². The molecule has 0 aromatic carbocycles. The van der Waals surface area contributed by atoms with Crippen molar-refractivity contribution in [3.63, 3.8) is 0 Å². The number of amides is 1. The Morgan fingerprint density at radius 1 is 1.40 bits per heavy atom. The molecule has 0 aliphatic heterocycles. The first kappa shape index (κ1) is 16.9. The summed E-state index contributed by atoms with van der Waals surface area (Å²) in [6.45, 7) is 1.82. The number of amidine groups is 1. The quantitative estimate of drug-likeness (QED) is 0.231. The lowest BCUT2D eigenvalue weighted by atomic mass is 9.78. The number of carbonyl (C=O) groups is 1. The van der Waals surface area contributed by atoms with Gasteiger partial charge in [0.05, 0.1) is 0 Å². The molecule has 1 aliphatic rings. The van der Waals surface area contributed by atoms with Gasteiger partial charge >= 0.3 is 0 Å². The van der Waals surface area contributed by atoms with Gasteiger partial charge < -0.3 is 16.3 Å². The second kappa shape index (κ2) is 7.61. The highest BCUT2D eigenvalue weighted by molar-refractivity contribution is 7.84. The zero-order valence-corrected chi connectivity index (χ0v) is 13.0. The lowest BCUT2D eigenvalue weighted by Gasteiger charge is -2.31. The Morgan fingerprint density at radius 3 is 2.40 bits per heavy atom. The molecule has 0 saturated heterocycles. The van der Waals surface area contributed by atoms with Crippen molar-refractivity contribution in [3.8, 4) is 0 Å². The Kier molecular flexibility index (Phi) is 6.45. The molecular formula is C13H25N3O3S. The summed E-state index contributed by atoms with van der Waals surface area (Å²) >= 11 is 0. The van der Waals surface area contributed by atoms with Crippen LogP contribution < -0.4 is 11.1 Å². The smallest absolute Gasteiger partial charge is 0.234 e. The van der Waals surface area contributed by atoms with Crippen molar-refractivity contribution in [2.45, 2.75) is 51.5 Å². The van der Waals surface area contributed by atoms with Crippen LogP contribution in [0.3, 0.4) is 0 Å². The Bertz CT molecular complexity index is 390. The van der Waals surface area contributed by atoms with Gasteiger partial charge in [0.15, 0.2) is 5.84 Å². The molecule has 1 amide bonds. The van der Waals surface area contributed by atoms with E-state index in [1.165, 1.54) is 0 Å². The van der Waals surface area contributed by atoms with E-state index >= 15 is 0 Å². The first-order valence-corrected chi connectivity index (χ1v) is 8.74. The highest BCUT2D eigenvalue weighted by Crippen LogP contribution is 2.35. The van der Waals surface area contributed by atoms with Crippen LogP contribution in [0.5, 0.6) is 0 Å². The van der Waals surface area contributed by atoms with E-state index in [2.05, 4.69) is 10.5 Å². The monoisotopic (exact) mass is 303 g/mol. The van der Waals surface area contributed by atoms with Crippen LogP contribution in [-0.4, -0.2) is 39.2 Å². The van der Waals surface area contributed by atoms with E-state index in [0.29, 0.717) is 18.6 Å². The third-order valence-electron chi connectivity index (χ3n) is 3.85. The molecule has 2 atom stereocenters. The lowest BCUT2D eigenvalue weighted by molar-refractivity contribution is -0.128. The molecule has 2 unspecified atom stereocenters. The summed E-state index contributed by atoms with van der Waals surface area (Å²) in [5, 5.41) is 15.0. The number of nitrogens with zero attached hydrogens (tertiary/aromatic N) is 1. The molecule has 116 valence electrons. The fourth-order valence-electron chi connectivity index (χ4n) is 2.78. The molecule has 0 radical (unpaired) electrons. The van der Waals surface area contributed by atoms with E-state index in [1.54, 1.807) is 6.26 Å². The average Bonchev–Trinajstić information content (AvgIpc) is 2.63. The van der Waals surface area contributed by atoms with Crippen molar-refractivity contribution in [2.24, 2.45) is 16.3 Å². The molecule has 0 aromatic heterocycles. The summed E-state index contributed by atoms with van der Waals surface area (Å²) in [5.74, 6) is 0.173. The average molecular weight is 303 g/mol. The lowest BCUT2D eigenvalue weighted by Crippen LogP contribution is -2.52. The number of oxime groups is 1. The molecule has 4 N–H and O–H groups in total. The van der Waals surface area contributed by atoms with Gasteiger partial charge in [0, 0.05) is 28.9 Å². The minimum Gasteiger partial charge on any atom is -0.409 e. The molecule has 1 fully saturated rings. The molecule has 6 nitrogen and oxygen atoms in total. The Labute approximate surface area is 122 Å². The normalized spacial score (nSPS) is 22.6. The van der Waals surface area contributed by atoms with Crippen molar-refractivity contribution in [1.29, 1.82) is 0 Å². The van der Waals surface area contributed by atoms with Gasteiger partial charge in [-0.15, -0.1) is 0 Å². The molecule has 1 rings (SSSR count). The Morgan fingerprint density at radius 2 is 1.95 bits per heavy atom. The van der Waals surface area contributed by atoms with Crippen molar-refractivity contribution < 1.29 is 14.2 Å². The van der Waals surface area contributed by atoms with Crippen molar-refractivity contribution in [3.05, 3.63) is 0 Å². The number of nitrogens with one attached hydrogen (secondary N) is 1. The summed E-state index contributed by atoms with van der Waals surface area (Å²) in [4.78, 5) is 12.6. The van der Waals surface area contributed by atoms with E-state index in [0.717, 1.165) is 25.7 Å². The minimum atomic E-state index is -0.972. The summed E-state index contributed by atoms with van der Waals surface area (Å²) in [6, 6.07) is -0.194. The number of hydrogen-bond donors (Lipinski definition) is 3. The van der Waals surface area contributed by atoms with Crippen LogP contribution in [0.4, 0.5) is 0 Å². The highest BCUT2D eigenvalue weighted by atomic mass is 32.2. The molecular weight excluding hydrogens is 278 g/mol. The molecule has 0 aromatic rings. The predicted molar refractivity (Wildman–Crippen MR) is 80.1 cm³/mol. The summed E-state index contributed by atoms with van der Waals surface area (Å²) in [6.07, 6.45) is 6.68. The molecule has 0 bridgehead atoms. The molecule has 1 saturated carbocycles. The van der Waals surface area contributed by atoms with Crippen molar-refractivity contribution >= 4 is 22.5 Å². The standard InChI is InChI=1S/C13H25N3O3S/c1-10(9-20(2)19)15-12(17)13(11(14)16-18)7-5-3-4-6-8-13/h10,18H,3-9H2,1-2H3,(H2,14,16)(H,15,17). The van der Waals surface area contributed by atoms with Crippen LogP contribution in [0.1, 0.15) is 45.4 Å². The summed E-state index contributed by atoms with van der Waals surface area (Å²) in [5.41, 5.74) is 4.89. The summed E-state index contributed by atoms with van der Waals surface area (Å²) in [7, 11) is -0.972. The minimum absolute atomic E-state index is 0.0123. The van der Waals surface area contributed by atoms with Gasteiger partial charge in [0.25, 0.3) is 0 Å². The predicted octanol–water partition coefficient (Wildman–Crippen LogP) is 0.957. The maximum Gasteiger partial charge on any atom is 0.234 e. The van der Waals surface area contributed by atoms with Crippen LogP contribution in [0.15, 0.2) is 5.16 Å². The van der Waals surface area contributed by atoms with Gasteiger partial charge in [0.2, 0.25) is 5.91 Å². The maximum atomic E-state index is 12.6. The first-order valence-electron chi connectivity index (χ1n) is 7.01. The fraction of sp³-hybridized carbons (Fsp3) is 0.846. The van der Waals surface area contributed by atoms with E-state index in [9.17, 15) is 9.00 Å². The zero-order valence-electron chi connectivity index (χ0n) is 12.2. The van der Waals surface area contributed by atoms with E-state index in [4.69, 9.17) is 10.9 Å². The molecule has 0 heterocycles. The molecule has 7 heteroatoms. The van der Waals surface area contributed by atoms with E-state index in [1.807, 2.05) is 6.92 Å². The van der Waals surface area contributed by atoms with E-state index < -0.39 is 16.2 Å². The third-order valence-corrected chi connectivity index (χ3v) is 4.82. The van der Waals surface area contributed by atoms with E-state index in [-0.39, 0.29) is 17.8 Å². The second-order valence-electron chi connectivity index (χ2n) is 5.60. The largest absolute Gasteiger partial charge is 0.409 e. The maximum absolute atomic E-state index is 12.6.